The van der Waals surface area contributed by atoms with Gasteiger partial charge in [0.15, 0.2) is 0 Å². The number of hydrogen-bond acceptors (Lipinski definition) is 4. The lowest BCUT2D eigenvalue weighted by atomic mass is 9.88. The van der Waals surface area contributed by atoms with Crippen LogP contribution in [0.15, 0.2) is 0 Å². The molecule has 6 nitrogen and oxygen atoms in total. The number of likely N-dealkylation sites (tertiary alicyclic amines) is 1. The summed E-state index contributed by atoms with van der Waals surface area (Å²) in [5.74, 6) is 0.0605. The fourth-order valence-electron chi connectivity index (χ4n) is 3.56. The van der Waals surface area contributed by atoms with Gasteiger partial charge in [0, 0.05) is 31.5 Å². The fraction of sp³-hybridized carbons (Fsp3) is 0.833. The van der Waals surface area contributed by atoms with Gasteiger partial charge in [-0.1, -0.05) is 19.3 Å². The first-order valence-corrected chi connectivity index (χ1v) is 9.34. The SMILES string of the molecule is CCOC(=O)CCC(=O)N1CCC(NC(=O)C2CCCCC2)CC1. The van der Waals surface area contributed by atoms with Gasteiger partial charge in [-0.2, -0.15) is 0 Å². The van der Waals surface area contributed by atoms with Gasteiger partial charge in [-0.05, 0) is 32.6 Å². The average molecular weight is 338 g/mol. The predicted octanol–water partition coefficient (Wildman–Crippen LogP) is 2.02. The molecule has 1 saturated heterocycles. The summed E-state index contributed by atoms with van der Waals surface area (Å²) in [6, 6.07) is 0.175. The van der Waals surface area contributed by atoms with Crippen molar-refractivity contribution in [3.63, 3.8) is 0 Å². The molecule has 6 heteroatoms. The molecule has 2 amide bonds. The van der Waals surface area contributed by atoms with Gasteiger partial charge in [0.1, 0.15) is 0 Å². The number of carbonyl (C=O) groups is 3. The molecule has 0 radical (unpaired) electrons. The summed E-state index contributed by atoms with van der Waals surface area (Å²) in [7, 11) is 0. The smallest absolute Gasteiger partial charge is 0.306 e. The standard InChI is InChI=1S/C18H30N2O4/c1-2-24-17(22)9-8-16(21)20-12-10-15(11-13-20)19-18(23)14-6-4-3-5-7-14/h14-15H,2-13H2,1H3,(H,19,23). The normalized spacial score (nSPS) is 19.8. The van der Waals surface area contributed by atoms with Crippen molar-refractivity contribution in [2.45, 2.75) is 70.8 Å². The Kier molecular flexibility index (Phi) is 7.53. The lowest BCUT2D eigenvalue weighted by Crippen LogP contribution is -2.48. The van der Waals surface area contributed by atoms with Crippen LogP contribution in [0.2, 0.25) is 0 Å². The third-order valence-corrected chi connectivity index (χ3v) is 5.02. The van der Waals surface area contributed by atoms with Gasteiger partial charge in [-0.15, -0.1) is 0 Å². The van der Waals surface area contributed by atoms with E-state index in [0.29, 0.717) is 19.7 Å². The van der Waals surface area contributed by atoms with Crippen LogP contribution in [-0.2, 0) is 19.1 Å². The van der Waals surface area contributed by atoms with E-state index >= 15 is 0 Å². The van der Waals surface area contributed by atoms with Gasteiger partial charge in [0.2, 0.25) is 11.8 Å². The molecule has 0 spiro atoms. The average Bonchev–Trinajstić information content (AvgIpc) is 2.61. The number of amides is 2. The van der Waals surface area contributed by atoms with Crippen molar-refractivity contribution in [2.75, 3.05) is 19.7 Å². The molecule has 1 heterocycles. The number of carbonyl (C=O) groups excluding carboxylic acids is 3. The summed E-state index contributed by atoms with van der Waals surface area (Å²) in [5, 5.41) is 3.16. The van der Waals surface area contributed by atoms with Crippen LogP contribution in [-0.4, -0.2) is 48.4 Å². The first-order valence-electron chi connectivity index (χ1n) is 9.34. The summed E-state index contributed by atoms with van der Waals surface area (Å²) in [6.07, 6.45) is 7.53. The number of nitrogens with one attached hydrogen (secondary N) is 1. The fourth-order valence-corrected chi connectivity index (χ4v) is 3.56. The van der Waals surface area contributed by atoms with Crippen molar-refractivity contribution >= 4 is 17.8 Å². The van der Waals surface area contributed by atoms with Crippen LogP contribution in [0.4, 0.5) is 0 Å². The molecule has 0 bridgehead atoms. The Morgan fingerprint density at radius 3 is 2.29 bits per heavy atom. The number of rotatable bonds is 6. The lowest BCUT2D eigenvalue weighted by molar-refractivity contribution is -0.146. The van der Waals surface area contributed by atoms with Crippen molar-refractivity contribution in [2.24, 2.45) is 5.92 Å². The highest BCUT2D eigenvalue weighted by molar-refractivity contribution is 5.81. The first kappa shape index (κ1) is 18.7. The van der Waals surface area contributed by atoms with Gasteiger partial charge >= 0.3 is 5.97 Å². The van der Waals surface area contributed by atoms with Gasteiger partial charge in [0.25, 0.3) is 0 Å². The minimum atomic E-state index is -0.319. The van der Waals surface area contributed by atoms with Crippen LogP contribution in [0.25, 0.3) is 0 Å². The van der Waals surface area contributed by atoms with Crippen molar-refractivity contribution in [3.8, 4) is 0 Å². The summed E-state index contributed by atoms with van der Waals surface area (Å²) in [4.78, 5) is 37.5. The number of hydrogen-bond donors (Lipinski definition) is 1. The number of piperidine rings is 1. The second-order valence-electron chi connectivity index (χ2n) is 6.80. The molecule has 0 aromatic rings. The maximum atomic E-state index is 12.3. The molecule has 1 saturated carbocycles. The van der Waals surface area contributed by atoms with E-state index in [1.165, 1.54) is 6.42 Å². The Hall–Kier alpha value is -1.59. The van der Waals surface area contributed by atoms with E-state index in [1.54, 1.807) is 11.8 Å². The molecule has 0 atom stereocenters. The molecule has 24 heavy (non-hydrogen) atoms. The Morgan fingerprint density at radius 1 is 1.00 bits per heavy atom. The van der Waals surface area contributed by atoms with Gasteiger partial charge in [-0.25, -0.2) is 0 Å². The molecule has 2 fully saturated rings. The molecular weight excluding hydrogens is 308 g/mol. The predicted molar refractivity (Wildman–Crippen MR) is 90.2 cm³/mol. The van der Waals surface area contributed by atoms with Crippen LogP contribution in [0.5, 0.6) is 0 Å². The van der Waals surface area contributed by atoms with Crippen LogP contribution < -0.4 is 5.32 Å². The Balaban J connectivity index is 1.66. The van der Waals surface area contributed by atoms with E-state index in [0.717, 1.165) is 38.5 Å². The van der Waals surface area contributed by atoms with E-state index in [-0.39, 0.29) is 42.6 Å². The minimum Gasteiger partial charge on any atom is -0.466 e. The third-order valence-electron chi connectivity index (χ3n) is 5.02. The summed E-state index contributed by atoms with van der Waals surface area (Å²) in [6.45, 7) is 3.40. The molecule has 1 N–H and O–H groups in total. The zero-order chi connectivity index (χ0) is 17.4. The Morgan fingerprint density at radius 2 is 1.67 bits per heavy atom. The van der Waals surface area contributed by atoms with E-state index in [2.05, 4.69) is 5.32 Å². The summed E-state index contributed by atoms with van der Waals surface area (Å²) < 4.78 is 4.84. The molecule has 0 aromatic heterocycles. The van der Waals surface area contributed by atoms with Crippen molar-refractivity contribution in [3.05, 3.63) is 0 Å². The zero-order valence-electron chi connectivity index (χ0n) is 14.7. The summed E-state index contributed by atoms with van der Waals surface area (Å²) >= 11 is 0. The molecule has 1 aliphatic heterocycles. The second-order valence-corrected chi connectivity index (χ2v) is 6.80. The first-order chi connectivity index (χ1) is 11.6. The van der Waals surface area contributed by atoms with Crippen molar-refractivity contribution in [1.29, 1.82) is 0 Å². The van der Waals surface area contributed by atoms with Crippen LogP contribution in [0, 0.1) is 5.92 Å². The van der Waals surface area contributed by atoms with Gasteiger partial charge in [-0.3, -0.25) is 14.4 Å². The third kappa shape index (κ3) is 5.80. The number of esters is 1. The van der Waals surface area contributed by atoms with Crippen LogP contribution >= 0.6 is 0 Å². The van der Waals surface area contributed by atoms with Gasteiger partial charge in [0.05, 0.1) is 13.0 Å². The van der Waals surface area contributed by atoms with Gasteiger partial charge < -0.3 is 15.0 Å². The summed E-state index contributed by atoms with van der Waals surface area (Å²) in [5.41, 5.74) is 0. The number of nitrogens with zero attached hydrogens (tertiary/aromatic N) is 1. The van der Waals surface area contributed by atoms with E-state index in [4.69, 9.17) is 4.74 Å². The zero-order valence-corrected chi connectivity index (χ0v) is 14.7. The largest absolute Gasteiger partial charge is 0.466 e. The molecule has 1 aliphatic carbocycles. The van der Waals surface area contributed by atoms with E-state index < -0.39 is 0 Å². The quantitative estimate of drug-likeness (QED) is 0.752. The molecule has 0 aromatic carbocycles. The molecule has 0 unspecified atom stereocenters. The highest BCUT2D eigenvalue weighted by atomic mass is 16.5. The van der Waals surface area contributed by atoms with E-state index in [1.807, 2.05) is 0 Å². The molecule has 136 valence electrons. The molecular formula is C18H30N2O4. The second kappa shape index (κ2) is 9.64. The lowest BCUT2D eigenvalue weighted by Gasteiger charge is -2.33. The van der Waals surface area contributed by atoms with E-state index in [9.17, 15) is 14.4 Å². The monoisotopic (exact) mass is 338 g/mol. The number of ether oxygens (including phenoxy) is 1. The topological polar surface area (TPSA) is 75.7 Å². The van der Waals surface area contributed by atoms with Crippen molar-refractivity contribution < 1.29 is 19.1 Å². The maximum absolute atomic E-state index is 12.3. The minimum absolute atomic E-state index is 0.000102. The van der Waals surface area contributed by atoms with Crippen molar-refractivity contribution in [1.82, 2.24) is 10.2 Å². The Bertz CT molecular complexity index is 438. The highest BCUT2D eigenvalue weighted by Crippen LogP contribution is 2.24. The highest BCUT2D eigenvalue weighted by Gasteiger charge is 2.27. The molecule has 2 aliphatic rings. The Labute approximate surface area is 144 Å². The van der Waals surface area contributed by atoms with Crippen LogP contribution in [0.3, 0.4) is 0 Å². The maximum Gasteiger partial charge on any atom is 0.306 e. The van der Waals surface area contributed by atoms with Crippen LogP contribution in [0.1, 0.15) is 64.7 Å². The molecule has 2 rings (SSSR count).